The topological polar surface area (TPSA) is 55.1 Å². The molecule has 2 saturated carbocycles. The summed E-state index contributed by atoms with van der Waals surface area (Å²) in [6.07, 6.45) is 5.37. The monoisotopic (exact) mass is 308 g/mol. The van der Waals surface area contributed by atoms with Crippen LogP contribution >= 0.6 is 0 Å². The Labute approximate surface area is 137 Å². The summed E-state index contributed by atoms with van der Waals surface area (Å²) in [5, 5.41) is 5.82. The number of carbonyl (C=O) groups excluding carboxylic acids is 1. The molecular formula is C20H24N2O. The zero-order valence-corrected chi connectivity index (χ0v) is 13.4. The van der Waals surface area contributed by atoms with Gasteiger partial charge in [-0.25, -0.2) is 0 Å². The van der Waals surface area contributed by atoms with Gasteiger partial charge in [0.15, 0.2) is 0 Å². The summed E-state index contributed by atoms with van der Waals surface area (Å²) < 4.78 is 0. The Morgan fingerprint density at radius 3 is 2.65 bits per heavy atom. The first-order valence-corrected chi connectivity index (χ1v) is 8.72. The fraction of sp³-hybridized carbons (Fsp3) is 0.450. The van der Waals surface area contributed by atoms with Crippen molar-refractivity contribution in [2.24, 2.45) is 11.7 Å². The van der Waals surface area contributed by atoms with E-state index in [1.165, 1.54) is 29.2 Å². The van der Waals surface area contributed by atoms with Crippen LogP contribution in [0.2, 0.25) is 0 Å². The van der Waals surface area contributed by atoms with Crippen LogP contribution in [-0.4, -0.2) is 18.0 Å². The van der Waals surface area contributed by atoms with Crippen molar-refractivity contribution in [3.8, 4) is 0 Å². The predicted molar refractivity (Wildman–Crippen MR) is 93.2 cm³/mol. The van der Waals surface area contributed by atoms with Crippen LogP contribution in [0.4, 0.5) is 0 Å². The lowest BCUT2D eigenvalue weighted by Crippen LogP contribution is -2.52. The van der Waals surface area contributed by atoms with Gasteiger partial charge in [-0.15, -0.1) is 0 Å². The second-order valence-electron chi connectivity index (χ2n) is 7.20. The number of benzene rings is 2. The minimum atomic E-state index is -0.136. The van der Waals surface area contributed by atoms with E-state index in [-0.39, 0.29) is 17.4 Å². The Kier molecular flexibility index (Phi) is 3.61. The molecule has 2 aromatic rings. The van der Waals surface area contributed by atoms with Crippen LogP contribution in [0.3, 0.4) is 0 Å². The summed E-state index contributed by atoms with van der Waals surface area (Å²) in [6, 6.07) is 14.9. The van der Waals surface area contributed by atoms with Crippen LogP contribution in [-0.2, 0) is 4.79 Å². The lowest BCUT2D eigenvalue weighted by atomic mass is 9.96. The Morgan fingerprint density at radius 2 is 1.87 bits per heavy atom. The SMILES string of the molecule is NCC1(NC(=O)C2CC2c2cccc3ccccc23)CCCC1. The molecule has 0 aliphatic heterocycles. The molecule has 2 atom stereocenters. The molecule has 120 valence electrons. The van der Waals surface area contributed by atoms with Crippen molar-refractivity contribution in [1.29, 1.82) is 0 Å². The second-order valence-corrected chi connectivity index (χ2v) is 7.20. The standard InChI is InChI=1S/C20H24N2O/c21-13-20(10-3-4-11-20)22-19(23)18-12-17(18)16-9-5-7-14-6-1-2-8-15(14)16/h1-2,5-9,17-18H,3-4,10-13,21H2,(H,22,23). The molecule has 2 aromatic carbocycles. The molecule has 0 spiro atoms. The van der Waals surface area contributed by atoms with E-state index < -0.39 is 0 Å². The first kappa shape index (κ1) is 14.7. The molecule has 4 rings (SSSR count). The quantitative estimate of drug-likeness (QED) is 0.910. The van der Waals surface area contributed by atoms with E-state index in [0.29, 0.717) is 12.5 Å². The normalized spacial score (nSPS) is 25.4. The summed E-state index contributed by atoms with van der Waals surface area (Å²) in [5.74, 6) is 0.678. The first-order valence-electron chi connectivity index (χ1n) is 8.72. The number of hydrogen-bond donors (Lipinski definition) is 2. The number of rotatable bonds is 4. The lowest BCUT2D eigenvalue weighted by Gasteiger charge is -2.28. The molecule has 0 saturated heterocycles. The third kappa shape index (κ3) is 2.63. The summed E-state index contributed by atoms with van der Waals surface area (Å²) in [4.78, 5) is 12.7. The van der Waals surface area contributed by atoms with Crippen LogP contribution in [0.25, 0.3) is 10.8 Å². The van der Waals surface area contributed by atoms with E-state index in [1.807, 2.05) is 0 Å². The van der Waals surface area contributed by atoms with Crippen LogP contribution in [0.1, 0.15) is 43.6 Å². The largest absolute Gasteiger partial charge is 0.349 e. The van der Waals surface area contributed by atoms with Crippen molar-refractivity contribution in [3.05, 3.63) is 48.0 Å². The van der Waals surface area contributed by atoms with Gasteiger partial charge in [0.1, 0.15) is 0 Å². The molecule has 0 heterocycles. The van der Waals surface area contributed by atoms with Crippen molar-refractivity contribution in [1.82, 2.24) is 5.32 Å². The Hall–Kier alpha value is -1.87. The number of hydrogen-bond acceptors (Lipinski definition) is 2. The maximum Gasteiger partial charge on any atom is 0.224 e. The molecule has 3 nitrogen and oxygen atoms in total. The van der Waals surface area contributed by atoms with Crippen molar-refractivity contribution < 1.29 is 4.79 Å². The fourth-order valence-corrected chi connectivity index (χ4v) is 4.19. The van der Waals surface area contributed by atoms with E-state index in [0.717, 1.165) is 19.3 Å². The highest BCUT2D eigenvalue weighted by atomic mass is 16.2. The highest BCUT2D eigenvalue weighted by Gasteiger charge is 2.47. The maximum absolute atomic E-state index is 12.7. The summed E-state index contributed by atoms with van der Waals surface area (Å²) >= 11 is 0. The summed E-state index contributed by atoms with van der Waals surface area (Å²) in [7, 11) is 0. The Morgan fingerprint density at radius 1 is 1.13 bits per heavy atom. The average Bonchev–Trinajstić information content (AvgIpc) is 3.26. The van der Waals surface area contributed by atoms with Gasteiger partial charge in [-0.3, -0.25) is 4.79 Å². The van der Waals surface area contributed by atoms with Gasteiger partial charge >= 0.3 is 0 Å². The molecule has 2 unspecified atom stereocenters. The van der Waals surface area contributed by atoms with E-state index >= 15 is 0 Å². The highest BCUT2D eigenvalue weighted by molar-refractivity contribution is 5.89. The van der Waals surface area contributed by atoms with Crippen molar-refractivity contribution >= 4 is 16.7 Å². The second kappa shape index (κ2) is 5.64. The van der Waals surface area contributed by atoms with E-state index in [4.69, 9.17) is 5.73 Å². The number of amides is 1. The first-order chi connectivity index (χ1) is 11.2. The molecule has 2 aliphatic rings. The summed E-state index contributed by atoms with van der Waals surface area (Å²) in [6.45, 7) is 0.560. The fourth-order valence-electron chi connectivity index (χ4n) is 4.19. The minimum absolute atomic E-state index is 0.116. The van der Waals surface area contributed by atoms with Crippen molar-refractivity contribution in [3.63, 3.8) is 0 Å². The van der Waals surface area contributed by atoms with E-state index in [1.54, 1.807) is 0 Å². The maximum atomic E-state index is 12.7. The molecule has 3 heteroatoms. The zero-order chi connectivity index (χ0) is 15.9. The predicted octanol–water partition coefficient (Wildman–Crippen LogP) is 3.33. The molecule has 0 radical (unpaired) electrons. The molecule has 0 bridgehead atoms. The van der Waals surface area contributed by atoms with Crippen molar-refractivity contribution in [2.45, 2.75) is 43.6 Å². The highest BCUT2D eigenvalue weighted by Crippen LogP contribution is 2.50. The van der Waals surface area contributed by atoms with E-state index in [2.05, 4.69) is 47.8 Å². The number of fused-ring (bicyclic) bond motifs is 1. The number of nitrogens with one attached hydrogen (secondary N) is 1. The van der Waals surface area contributed by atoms with Gasteiger partial charge in [0.25, 0.3) is 0 Å². The van der Waals surface area contributed by atoms with Gasteiger partial charge in [-0.2, -0.15) is 0 Å². The smallest absolute Gasteiger partial charge is 0.224 e. The van der Waals surface area contributed by atoms with E-state index in [9.17, 15) is 4.79 Å². The van der Waals surface area contributed by atoms with Gasteiger partial charge in [-0.1, -0.05) is 55.3 Å². The average molecular weight is 308 g/mol. The zero-order valence-electron chi connectivity index (χ0n) is 13.4. The van der Waals surface area contributed by atoms with Crippen LogP contribution in [0, 0.1) is 5.92 Å². The molecule has 23 heavy (non-hydrogen) atoms. The minimum Gasteiger partial charge on any atom is -0.349 e. The number of carbonyl (C=O) groups is 1. The summed E-state index contributed by atoms with van der Waals surface area (Å²) in [5.41, 5.74) is 7.12. The van der Waals surface area contributed by atoms with Crippen LogP contribution in [0.5, 0.6) is 0 Å². The molecule has 3 N–H and O–H groups in total. The third-order valence-corrected chi connectivity index (χ3v) is 5.69. The van der Waals surface area contributed by atoms with Gasteiger partial charge in [0.05, 0.1) is 5.54 Å². The lowest BCUT2D eigenvalue weighted by molar-refractivity contribution is -0.124. The van der Waals surface area contributed by atoms with Gasteiger partial charge in [-0.05, 0) is 41.5 Å². The number of nitrogens with two attached hydrogens (primary N) is 1. The van der Waals surface area contributed by atoms with Crippen molar-refractivity contribution in [2.75, 3.05) is 6.54 Å². The molecule has 1 amide bonds. The third-order valence-electron chi connectivity index (χ3n) is 5.69. The molecule has 2 aliphatic carbocycles. The molecule has 2 fully saturated rings. The Balaban J connectivity index is 1.52. The molecular weight excluding hydrogens is 284 g/mol. The van der Waals surface area contributed by atoms with Gasteiger partial charge < -0.3 is 11.1 Å². The molecule has 0 aromatic heterocycles. The van der Waals surface area contributed by atoms with Crippen LogP contribution < -0.4 is 11.1 Å². The van der Waals surface area contributed by atoms with Gasteiger partial charge in [0, 0.05) is 12.5 Å². The van der Waals surface area contributed by atoms with Crippen LogP contribution in [0.15, 0.2) is 42.5 Å². The van der Waals surface area contributed by atoms with Gasteiger partial charge in [0.2, 0.25) is 5.91 Å². The Bertz CT molecular complexity index is 728.